The SMILES string of the molecule is NCCC(COc1cc2c(cc1S(=O)(=O)O)-c1cc(S(=O)(=O)O)c(OCC(CCN)Oc3ccccc3)cc1C2)Oc1ccccc1. The molecule has 14 heteroatoms. The highest BCUT2D eigenvalue weighted by molar-refractivity contribution is 7.86. The highest BCUT2D eigenvalue weighted by Gasteiger charge is 2.30. The van der Waals surface area contributed by atoms with Crippen LogP contribution in [0.15, 0.2) is 94.7 Å². The van der Waals surface area contributed by atoms with Crippen LogP contribution in [0.2, 0.25) is 0 Å². The van der Waals surface area contributed by atoms with Crippen molar-refractivity contribution in [1.29, 1.82) is 0 Å². The van der Waals surface area contributed by atoms with Crippen LogP contribution in [0.5, 0.6) is 23.0 Å². The first kappa shape index (κ1) is 34.2. The van der Waals surface area contributed by atoms with Gasteiger partial charge in [0.25, 0.3) is 20.2 Å². The second-order valence-electron chi connectivity index (χ2n) is 10.9. The van der Waals surface area contributed by atoms with Crippen molar-refractivity contribution in [1.82, 2.24) is 0 Å². The fourth-order valence-electron chi connectivity index (χ4n) is 5.30. The Morgan fingerprint density at radius 2 is 1.00 bits per heavy atom. The summed E-state index contributed by atoms with van der Waals surface area (Å²) in [6.07, 6.45) is 0.0435. The van der Waals surface area contributed by atoms with Gasteiger partial charge in [0.1, 0.15) is 58.2 Å². The van der Waals surface area contributed by atoms with Crippen LogP contribution >= 0.6 is 0 Å². The summed E-state index contributed by atoms with van der Waals surface area (Å²) in [6, 6.07) is 23.4. The Morgan fingerprint density at radius 3 is 1.34 bits per heavy atom. The van der Waals surface area contributed by atoms with Gasteiger partial charge < -0.3 is 30.4 Å². The van der Waals surface area contributed by atoms with Crippen LogP contribution in [0.3, 0.4) is 0 Å². The van der Waals surface area contributed by atoms with E-state index < -0.39 is 42.2 Å². The summed E-state index contributed by atoms with van der Waals surface area (Å²) in [7, 11) is -9.56. The van der Waals surface area contributed by atoms with Crippen molar-refractivity contribution in [3.05, 3.63) is 96.1 Å². The molecule has 0 aromatic heterocycles. The molecule has 0 saturated heterocycles. The minimum Gasteiger partial charge on any atom is -0.488 e. The fraction of sp³-hybridized carbons (Fsp3) is 0.273. The highest BCUT2D eigenvalue weighted by atomic mass is 32.2. The number of para-hydroxylation sites is 2. The molecule has 0 fully saturated rings. The minimum atomic E-state index is -4.78. The molecule has 12 nitrogen and oxygen atoms in total. The molecule has 0 radical (unpaired) electrons. The van der Waals surface area contributed by atoms with Crippen LogP contribution in [-0.2, 0) is 26.7 Å². The van der Waals surface area contributed by atoms with E-state index in [0.717, 1.165) is 0 Å². The zero-order valence-corrected chi connectivity index (χ0v) is 27.0. The smallest absolute Gasteiger partial charge is 0.298 e. The Balaban J connectivity index is 1.43. The Morgan fingerprint density at radius 1 is 0.617 bits per heavy atom. The Hall–Kier alpha value is -4.18. The summed E-state index contributed by atoms with van der Waals surface area (Å²) < 4.78 is 93.9. The van der Waals surface area contributed by atoms with Gasteiger partial charge in [-0.25, -0.2) is 0 Å². The van der Waals surface area contributed by atoms with Crippen LogP contribution < -0.4 is 30.4 Å². The second kappa shape index (κ2) is 14.7. The summed E-state index contributed by atoms with van der Waals surface area (Å²) in [5, 5.41) is 0. The molecule has 0 aliphatic heterocycles. The molecule has 0 saturated carbocycles. The molecule has 0 spiro atoms. The molecule has 0 bridgehead atoms. The number of nitrogens with two attached hydrogens (primary N) is 2. The molecule has 5 rings (SSSR count). The monoisotopic (exact) mass is 684 g/mol. The standard InChI is InChI=1S/C33H36N2O10S2/c34-13-11-26(44-24-7-3-1-4-8-24)20-42-30-16-22-15-23-17-31(43-21-27(12-14-35)45-25-9-5-2-6-10-25)33(47(39,40)41)19-29(23)28(22)18-32(30)46(36,37)38/h1-10,16-19,26-27H,11-15,20-21,34-35H2,(H,36,37,38)(H,39,40,41). The van der Waals surface area contributed by atoms with Crippen molar-refractivity contribution in [2.24, 2.45) is 11.5 Å². The molecular formula is C33H36N2O10S2. The zero-order chi connectivity index (χ0) is 33.6. The maximum atomic E-state index is 12.5. The van der Waals surface area contributed by atoms with E-state index in [9.17, 15) is 25.9 Å². The van der Waals surface area contributed by atoms with Crippen molar-refractivity contribution < 1.29 is 44.9 Å². The van der Waals surface area contributed by atoms with Crippen molar-refractivity contribution >= 4 is 20.2 Å². The number of benzene rings is 4. The van der Waals surface area contributed by atoms with Gasteiger partial charge in [0, 0.05) is 0 Å². The molecule has 0 amide bonds. The van der Waals surface area contributed by atoms with Gasteiger partial charge in [0.2, 0.25) is 0 Å². The van der Waals surface area contributed by atoms with Gasteiger partial charge in [-0.3, -0.25) is 9.11 Å². The van der Waals surface area contributed by atoms with Crippen LogP contribution in [0.4, 0.5) is 0 Å². The van der Waals surface area contributed by atoms with Crippen molar-refractivity contribution in [3.8, 4) is 34.1 Å². The maximum absolute atomic E-state index is 12.5. The predicted molar refractivity (Wildman–Crippen MR) is 174 cm³/mol. The summed E-state index contributed by atoms with van der Waals surface area (Å²) in [6.45, 7) is 0.440. The van der Waals surface area contributed by atoms with Gasteiger partial charge in [-0.1, -0.05) is 36.4 Å². The van der Waals surface area contributed by atoms with Crippen LogP contribution in [0, 0.1) is 0 Å². The third-order valence-electron chi connectivity index (χ3n) is 7.48. The third kappa shape index (κ3) is 8.60. The van der Waals surface area contributed by atoms with Gasteiger partial charge in [-0.05, 0) is 103 Å². The van der Waals surface area contributed by atoms with E-state index in [-0.39, 0.29) is 44.2 Å². The number of rotatable bonds is 16. The van der Waals surface area contributed by atoms with Gasteiger partial charge in [0.05, 0.1) is 0 Å². The normalized spacial score (nSPS) is 13.7. The molecule has 2 unspecified atom stereocenters. The predicted octanol–water partition coefficient (Wildman–Crippen LogP) is 4.10. The first-order valence-corrected chi connectivity index (χ1v) is 17.7. The molecule has 2 atom stereocenters. The Kier molecular flexibility index (Phi) is 10.7. The summed E-state index contributed by atoms with van der Waals surface area (Å²) in [4.78, 5) is -1.02. The number of fused-ring (bicyclic) bond motifs is 3. The van der Waals surface area contributed by atoms with Crippen molar-refractivity contribution in [3.63, 3.8) is 0 Å². The molecule has 1 aliphatic rings. The van der Waals surface area contributed by atoms with E-state index >= 15 is 0 Å². The van der Waals surface area contributed by atoms with Gasteiger partial charge in [0.15, 0.2) is 0 Å². The molecule has 4 aromatic rings. The van der Waals surface area contributed by atoms with Gasteiger partial charge in [-0.2, -0.15) is 16.8 Å². The average Bonchev–Trinajstić information content (AvgIpc) is 3.38. The summed E-state index contributed by atoms with van der Waals surface area (Å²) in [5.41, 5.74) is 13.4. The van der Waals surface area contributed by atoms with Gasteiger partial charge >= 0.3 is 0 Å². The fourth-order valence-corrected chi connectivity index (χ4v) is 6.58. The first-order valence-electron chi connectivity index (χ1n) is 14.8. The van der Waals surface area contributed by atoms with E-state index in [4.69, 9.17) is 30.4 Å². The number of hydrogen-bond donors (Lipinski definition) is 4. The molecule has 0 heterocycles. The van der Waals surface area contributed by atoms with Crippen LogP contribution in [-0.4, -0.2) is 64.5 Å². The van der Waals surface area contributed by atoms with E-state index in [0.29, 0.717) is 46.6 Å². The molecule has 6 N–H and O–H groups in total. The lowest BCUT2D eigenvalue weighted by molar-refractivity contribution is 0.121. The van der Waals surface area contributed by atoms with Crippen LogP contribution in [0.1, 0.15) is 24.0 Å². The summed E-state index contributed by atoms with van der Waals surface area (Å²) >= 11 is 0. The Labute approximate surface area is 273 Å². The summed E-state index contributed by atoms with van der Waals surface area (Å²) in [5.74, 6) is 0.962. The van der Waals surface area contributed by atoms with E-state index in [1.54, 1.807) is 24.3 Å². The lowest BCUT2D eigenvalue weighted by atomic mass is 10.1. The molecule has 250 valence electrons. The van der Waals surface area contributed by atoms with Crippen molar-refractivity contribution in [2.45, 2.75) is 41.3 Å². The molecule has 1 aliphatic carbocycles. The molecule has 4 aromatic carbocycles. The van der Waals surface area contributed by atoms with Crippen LogP contribution in [0.25, 0.3) is 11.1 Å². The topological polar surface area (TPSA) is 198 Å². The van der Waals surface area contributed by atoms with E-state index in [1.165, 1.54) is 24.3 Å². The third-order valence-corrected chi connectivity index (χ3v) is 9.23. The second-order valence-corrected chi connectivity index (χ2v) is 13.7. The van der Waals surface area contributed by atoms with E-state index in [2.05, 4.69) is 0 Å². The first-order chi connectivity index (χ1) is 22.5. The highest BCUT2D eigenvalue weighted by Crippen LogP contribution is 2.44. The minimum absolute atomic E-state index is 0.0692. The average molecular weight is 685 g/mol. The maximum Gasteiger partial charge on any atom is 0.298 e. The quantitative estimate of drug-likeness (QED) is 0.109. The van der Waals surface area contributed by atoms with E-state index in [1.807, 2.05) is 36.4 Å². The lowest BCUT2D eigenvalue weighted by Gasteiger charge is -2.20. The lowest BCUT2D eigenvalue weighted by Crippen LogP contribution is -2.28. The van der Waals surface area contributed by atoms with Gasteiger partial charge in [-0.15, -0.1) is 0 Å². The number of hydrogen-bond acceptors (Lipinski definition) is 10. The Bertz CT molecular complexity index is 1770. The largest absolute Gasteiger partial charge is 0.488 e. The molecular weight excluding hydrogens is 649 g/mol. The number of ether oxygens (including phenoxy) is 4. The molecule has 47 heavy (non-hydrogen) atoms. The zero-order valence-electron chi connectivity index (χ0n) is 25.3. The van der Waals surface area contributed by atoms with Crippen molar-refractivity contribution in [2.75, 3.05) is 26.3 Å².